The maximum atomic E-state index is 13.1. The molecule has 1 N–H and O–H groups in total. The van der Waals surface area contributed by atoms with Gasteiger partial charge >= 0.3 is 6.18 Å². The maximum absolute atomic E-state index is 13.1. The van der Waals surface area contributed by atoms with Crippen LogP contribution in [0.1, 0.15) is 35.2 Å². The lowest BCUT2D eigenvalue weighted by molar-refractivity contribution is -0.140. The highest BCUT2D eigenvalue weighted by Gasteiger charge is 2.34. The molecule has 0 saturated carbocycles. The summed E-state index contributed by atoms with van der Waals surface area (Å²) in [5, 5.41) is 2.48. The minimum atomic E-state index is -4.82. The third kappa shape index (κ3) is 5.00. The molecule has 0 bridgehead atoms. The first-order chi connectivity index (χ1) is 9.36. The van der Waals surface area contributed by atoms with Gasteiger partial charge in [-0.15, -0.1) is 11.6 Å². The predicted octanol–water partition coefficient (Wildman–Crippen LogP) is 3.98. The summed E-state index contributed by atoms with van der Waals surface area (Å²) >= 11 is 5.48. The van der Waals surface area contributed by atoms with Crippen LogP contribution in [0.3, 0.4) is 0 Å². The van der Waals surface area contributed by atoms with Crippen LogP contribution in [-0.4, -0.2) is 18.3 Å². The fourth-order valence-electron chi connectivity index (χ4n) is 1.58. The number of hydrogen-bond acceptors (Lipinski definition) is 1. The molecule has 2 nitrogen and oxygen atoms in total. The van der Waals surface area contributed by atoms with Crippen molar-refractivity contribution >= 4 is 17.5 Å². The second-order valence-electron chi connectivity index (χ2n) is 4.20. The number of nitrogens with one attached hydrogen (secondary N) is 1. The Hall–Kier alpha value is -1.30. The summed E-state index contributed by atoms with van der Waals surface area (Å²) in [7, 11) is 0. The summed E-state index contributed by atoms with van der Waals surface area (Å²) in [6.45, 7) is 0.342. The van der Waals surface area contributed by atoms with Gasteiger partial charge in [0.25, 0.3) is 5.91 Å². The number of rotatable bonds is 6. The van der Waals surface area contributed by atoms with Crippen molar-refractivity contribution in [3.8, 4) is 0 Å². The van der Waals surface area contributed by atoms with Crippen molar-refractivity contribution in [1.29, 1.82) is 0 Å². The van der Waals surface area contributed by atoms with E-state index >= 15 is 0 Å². The largest absolute Gasteiger partial charge is 0.419 e. The number of alkyl halides is 4. The number of carbonyl (C=O) groups excluding carboxylic acids is 1. The second kappa shape index (κ2) is 7.47. The van der Waals surface area contributed by atoms with E-state index in [0.717, 1.165) is 18.9 Å². The number of hydrogen-bond donors (Lipinski definition) is 1. The standard InChI is InChI=1S/C13H14ClF4NO/c14-6-2-1-3-7-19-12(20)9-4-5-11(15)10(8-9)13(16,17)18/h4-5,8H,1-3,6-7H2,(H,19,20). The highest BCUT2D eigenvalue weighted by Crippen LogP contribution is 2.31. The zero-order valence-corrected chi connectivity index (χ0v) is 11.3. The lowest BCUT2D eigenvalue weighted by Gasteiger charge is -2.10. The molecule has 1 aromatic carbocycles. The topological polar surface area (TPSA) is 29.1 Å². The van der Waals surface area contributed by atoms with Crippen LogP contribution in [0, 0.1) is 5.82 Å². The summed E-state index contributed by atoms with van der Waals surface area (Å²) in [6.07, 6.45) is -2.50. The van der Waals surface area contributed by atoms with Gasteiger partial charge in [0.05, 0.1) is 5.56 Å². The molecule has 1 rings (SSSR count). The molecule has 0 unspecified atom stereocenters. The first-order valence-electron chi connectivity index (χ1n) is 6.07. The molecule has 0 spiro atoms. The van der Waals surface area contributed by atoms with Crippen molar-refractivity contribution in [1.82, 2.24) is 5.32 Å². The minimum Gasteiger partial charge on any atom is -0.352 e. The molecule has 1 amide bonds. The molecule has 0 saturated heterocycles. The quantitative estimate of drug-likeness (QED) is 0.480. The second-order valence-corrected chi connectivity index (χ2v) is 4.58. The van der Waals surface area contributed by atoms with Gasteiger partial charge in [0, 0.05) is 18.0 Å². The molecular weight excluding hydrogens is 298 g/mol. The zero-order chi connectivity index (χ0) is 15.2. The van der Waals surface area contributed by atoms with Gasteiger partial charge in [-0.05, 0) is 31.0 Å². The molecule has 0 heterocycles. The minimum absolute atomic E-state index is 0.212. The van der Waals surface area contributed by atoms with Crippen LogP contribution in [0.5, 0.6) is 0 Å². The lowest BCUT2D eigenvalue weighted by Crippen LogP contribution is -2.25. The summed E-state index contributed by atoms with van der Waals surface area (Å²) in [6, 6.07) is 2.19. The summed E-state index contributed by atoms with van der Waals surface area (Å²) in [5.74, 6) is -1.52. The smallest absolute Gasteiger partial charge is 0.352 e. The molecule has 0 aliphatic heterocycles. The van der Waals surface area contributed by atoms with E-state index in [2.05, 4.69) is 5.32 Å². The Morgan fingerprint density at radius 2 is 1.90 bits per heavy atom. The predicted molar refractivity (Wildman–Crippen MR) is 68.3 cm³/mol. The van der Waals surface area contributed by atoms with E-state index in [9.17, 15) is 22.4 Å². The number of carbonyl (C=O) groups is 1. The van der Waals surface area contributed by atoms with Crippen molar-refractivity contribution in [2.45, 2.75) is 25.4 Å². The van der Waals surface area contributed by atoms with E-state index in [1.807, 2.05) is 0 Å². The molecule has 0 fully saturated rings. The van der Waals surface area contributed by atoms with Crippen molar-refractivity contribution in [2.75, 3.05) is 12.4 Å². The van der Waals surface area contributed by atoms with Gasteiger partial charge in [0.1, 0.15) is 5.82 Å². The van der Waals surface area contributed by atoms with Gasteiger partial charge in [0.2, 0.25) is 0 Å². The molecule has 1 aromatic rings. The lowest BCUT2D eigenvalue weighted by atomic mass is 10.1. The highest BCUT2D eigenvalue weighted by atomic mass is 35.5. The van der Waals surface area contributed by atoms with Gasteiger partial charge in [0.15, 0.2) is 0 Å². The number of unbranched alkanes of at least 4 members (excludes halogenated alkanes) is 2. The molecule has 20 heavy (non-hydrogen) atoms. The van der Waals surface area contributed by atoms with E-state index in [0.29, 0.717) is 31.0 Å². The average molecular weight is 312 g/mol. The number of amides is 1. The Balaban J connectivity index is 2.65. The highest BCUT2D eigenvalue weighted by molar-refractivity contribution is 6.17. The SMILES string of the molecule is O=C(NCCCCCCl)c1ccc(F)c(C(F)(F)F)c1. The molecule has 7 heteroatoms. The summed E-state index contributed by atoms with van der Waals surface area (Å²) < 4.78 is 50.6. The van der Waals surface area contributed by atoms with Crippen molar-refractivity contribution in [2.24, 2.45) is 0 Å². The van der Waals surface area contributed by atoms with Crippen LogP contribution in [0.15, 0.2) is 18.2 Å². The molecule has 0 radical (unpaired) electrons. The molecule has 0 aliphatic rings. The maximum Gasteiger partial charge on any atom is 0.419 e. The molecule has 112 valence electrons. The Bertz CT molecular complexity index is 462. The molecule has 0 aromatic heterocycles. The fraction of sp³-hybridized carbons (Fsp3) is 0.462. The van der Waals surface area contributed by atoms with Gasteiger partial charge in [-0.2, -0.15) is 13.2 Å². The zero-order valence-electron chi connectivity index (χ0n) is 10.6. The normalized spacial score (nSPS) is 11.4. The van der Waals surface area contributed by atoms with Crippen molar-refractivity contribution < 1.29 is 22.4 Å². The van der Waals surface area contributed by atoms with E-state index < -0.39 is 23.5 Å². The van der Waals surface area contributed by atoms with Gasteiger partial charge in [-0.3, -0.25) is 4.79 Å². The Morgan fingerprint density at radius 3 is 2.50 bits per heavy atom. The third-order valence-corrected chi connectivity index (χ3v) is 2.90. The Kier molecular flexibility index (Phi) is 6.26. The van der Waals surface area contributed by atoms with E-state index in [1.54, 1.807) is 0 Å². The van der Waals surface area contributed by atoms with E-state index in [4.69, 9.17) is 11.6 Å². The van der Waals surface area contributed by atoms with Crippen LogP contribution in [-0.2, 0) is 6.18 Å². The third-order valence-electron chi connectivity index (χ3n) is 2.63. The summed E-state index contributed by atoms with van der Waals surface area (Å²) in [4.78, 5) is 11.6. The Morgan fingerprint density at radius 1 is 1.20 bits per heavy atom. The van der Waals surface area contributed by atoms with Crippen LogP contribution in [0.25, 0.3) is 0 Å². The van der Waals surface area contributed by atoms with Crippen LogP contribution in [0.4, 0.5) is 17.6 Å². The Labute approximate surface area is 119 Å². The average Bonchev–Trinajstić information content (AvgIpc) is 2.37. The number of benzene rings is 1. The van der Waals surface area contributed by atoms with E-state index in [-0.39, 0.29) is 5.56 Å². The molecule has 0 atom stereocenters. The van der Waals surface area contributed by atoms with Crippen LogP contribution in [0.2, 0.25) is 0 Å². The summed E-state index contributed by atoms with van der Waals surface area (Å²) in [5.41, 5.74) is -1.65. The molecule has 0 aliphatic carbocycles. The van der Waals surface area contributed by atoms with Gasteiger partial charge < -0.3 is 5.32 Å². The fourth-order valence-corrected chi connectivity index (χ4v) is 1.77. The van der Waals surface area contributed by atoms with Crippen molar-refractivity contribution in [3.63, 3.8) is 0 Å². The number of halogens is 5. The monoisotopic (exact) mass is 311 g/mol. The first-order valence-corrected chi connectivity index (χ1v) is 6.60. The van der Waals surface area contributed by atoms with Crippen LogP contribution < -0.4 is 5.32 Å². The van der Waals surface area contributed by atoms with Crippen molar-refractivity contribution in [3.05, 3.63) is 35.1 Å². The molecular formula is C13H14ClF4NO. The first kappa shape index (κ1) is 16.8. The van der Waals surface area contributed by atoms with E-state index in [1.165, 1.54) is 0 Å². The van der Waals surface area contributed by atoms with Gasteiger partial charge in [-0.25, -0.2) is 4.39 Å². The van der Waals surface area contributed by atoms with Gasteiger partial charge in [-0.1, -0.05) is 6.42 Å². The van der Waals surface area contributed by atoms with Crippen LogP contribution >= 0.6 is 11.6 Å².